The predicted molar refractivity (Wildman–Crippen MR) is 90.5 cm³/mol. The van der Waals surface area contributed by atoms with E-state index in [1.165, 1.54) is 11.3 Å². The first-order chi connectivity index (χ1) is 10.7. The standard InChI is InChI=1S/C16H19ClN2O2S/c17-15-6-5-14(22-15)8-10-19-16(21)18-9-7-12-1-3-13(11-20)4-2-12/h1-6,20H,7-11H2,(H2,18,19,21). The smallest absolute Gasteiger partial charge is 0.314 e. The Labute approximate surface area is 139 Å². The Hall–Kier alpha value is -1.56. The maximum atomic E-state index is 11.7. The van der Waals surface area contributed by atoms with Gasteiger partial charge in [-0.25, -0.2) is 4.79 Å². The summed E-state index contributed by atoms with van der Waals surface area (Å²) in [6, 6.07) is 11.4. The van der Waals surface area contributed by atoms with Crippen LogP contribution >= 0.6 is 22.9 Å². The molecule has 6 heteroatoms. The molecular formula is C16H19ClN2O2S. The van der Waals surface area contributed by atoms with Crippen molar-refractivity contribution >= 4 is 29.0 Å². The van der Waals surface area contributed by atoms with Gasteiger partial charge in [0.2, 0.25) is 0 Å². The first-order valence-corrected chi connectivity index (χ1v) is 8.31. The fourth-order valence-electron chi connectivity index (χ4n) is 1.98. The molecule has 2 amide bonds. The number of aliphatic hydroxyl groups excluding tert-OH is 1. The number of carbonyl (C=O) groups excluding carboxylic acids is 1. The van der Waals surface area contributed by atoms with E-state index < -0.39 is 0 Å². The van der Waals surface area contributed by atoms with Crippen molar-refractivity contribution in [2.75, 3.05) is 13.1 Å². The fourth-order valence-corrected chi connectivity index (χ4v) is 3.07. The van der Waals surface area contributed by atoms with E-state index in [2.05, 4.69) is 10.6 Å². The number of nitrogens with one attached hydrogen (secondary N) is 2. The van der Waals surface area contributed by atoms with Crippen LogP contribution in [-0.4, -0.2) is 24.2 Å². The summed E-state index contributed by atoms with van der Waals surface area (Å²) in [5.41, 5.74) is 2.02. The quantitative estimate of drug-likeness (QED) is 0.726. The summed E-state index contributed by atoms with van der Waals surface area (Å²) >= 11 is 7.39. The van der Waals surface area contributed by atoms with Gasteiger partial charge in [0, 0.05) is 18.0 Å². The van der Waals surface area contributed by atoms with Crippen LogP contribution in [0.3, 0.4) is 0 Å². The normalized spacial score (nSPS) is 10.5. The molecule has 4 nitrogen and oxygen atoms in total. The molecular weight excluding hydrogens is 320 g/mol. The van der Waals surface area contributed by atoms with Crippen molar-refractivity contribution in [3.05, 3.63) is 56.7 Å². The molecule has 3 N–H and O–H groups in total. The maximum absolute atomic E-state index is 11.7. The molecule has 118 valence electrons. The molecule has 0 atom stereocenters. The molecule has 0 aliphatic heterocycles. The molecule has 0 saturated heterocycles. The van der Waals surface area contributed by atoms with Crippen LogP contribution < -0.4 is 10.6 Å². The summed E-state index contributed by atoms with van der Waals surface area (Å²) in [7, 11) is 0. The van der Waals surface area contributed by atoms with Gasteiger partial charge >= 0.3 is 6.03 Å². The molecule has 1 aromatic carbocycles. The summed E-state index contributed by atoms with van der Waals surface area (Å²) in [6.45, 7) is 1.22. The number of halogens is 1. The Kier molecular flexibility index (Phi) is 6.71. The lowest BCUT2D eigenvalue weighted by Gasteiger charge is -2.07. The monoisotopic (exact) mass is 338 g/mol. The van der Waals surface area contributed by atoms with Gasteiger partial charge in [-0.15, -0.1) is 11.3 Å². The Morgan fingerprint density at radius 2 is 1.64 bits per heavy atom. The van der Waals surface area contributed by atoms with Gasteiger partial charge in [-0.2, -0.15) is 0 Å². The average Bonchev–Trinajstić information content (AvgIpc) is 2.93. The van der Waals surface area contributed by atoms with Gasteiger partial charge < -0.3 is 15.7 Å². The van der Waals surface area contributed by atoms with Gasteiger partial charge in [0.15, 0.2) is 0 Å². The van der Waals surface area contributed by atoms with E-state index >= 15 is 0 Å². The lowest BCUT2D eigenvalue weighted by atomic mass is 10.1. The molecule has 2 aromatic rings. The van der Waals surface area contributed by atoms with Crippen LogP contribution in [0.1, 0.15) is 16.0 Å². The lowest BCUT2D eigenvalue weighted by Crippen LogP contribution is -2.37. The van der Waals surface area contributed by atoms with Crippen LogP contribution in [0.5, 0.6) is 0 Å². The minimum absolute atomic E-state index is 0.0520. The topological polar surface area (TPSA) is 61.4 Å². The molecule has 0 radical (unpaired) electrons. The Balaban J connectivity index is 1.60. The molecule has 0 unspecified atom stereocenters. The van der Waals surface area contributed by atoms with Gasteiger partial charge in [-0.1, -0.05) is 35.9 Å². The van der Waals surface area contributed by atoms with Gasteiger partial charge in [-0.3, -0.25) is 0 Å². The largest absolute Gasteiger partial charge is 0.392 e. The van der Waals surface area contributed by atoms with E-state index in [1.54, 1.807) is 0 Å². The zero-order chi connectivity index (χ0) is 15.8. The van der Waals surface area contributed by atoms with Gasteiger partial charge in [0.05, 0.1) is 10.9 Å². The summed E-state index contributed by atoms with van der Waals surface area (Å²) in [5, 5.41) is 14.6. The van der Waals surface area contributed by atoms with Crippen molar-refractivity contribution in [1.29, 1.82) is 0 Å². The third-order valence-corrected chi connectivity index (χ3v) is 4.48. The Bertz CT molecular complexity index is 598. The molecule has 1 heterocycles. The van der Waals surface area contributed by atoms with E-state index in [-0.39, 0.29) is 12.6 Å². The highest BCUT2D eigenvalue weighted by molar-refractivity contribution is 7.16. The number of aliphatic hydroxyl groups is 1. The summed E-state index contributed by atoms with van der Waals surface area (Å²) in [4.78, 5) is 12.8. The number of benzene rings is 1. The molecule has 1 aromatic heterocycles. The van der Waals surface area contributed by atoms with Crippen molar-refractivity contribution in [2.45, 2.75) is 19.4 Å². The molecule has 22 heavy (non-hydrogen) atoms. The van der Waals surface area contributed by atoms with E-state index in [0.29, 0.717) is 13.1 Å². The van der Waals surface area contributed by atoms with Crippen molar-refractivity contribution in [1.82, 2.24) is 10.6 Å². The number of hydrogen-bond acceptors (Lipinski definition) is 3. The molecule has 0 spiro atoms. The van der Waals surface area contributed by atoms with E-state index in [0.717, 1.165) is 33.2 Å². The van der Waals surface area contributed by atoms with Crippen molar-refractivity contribution in [3.63, 3.8) is 0 Å². The van der Waals surface area contributed by atoms with Gasteiger partial charge in [0.25, 0.3) is 0 Å². The molecule has 0 aliphatic carbocycles. The number of rotatable bonds is 7. The summed E-state index contributed by atoms with van der Waals surface area (Å²) in [5.74, 6) is 0. The predicted octanol–water partition coefficient (Wildman–Crippen LogP) is 2.98. The number of carbonyl (C=O) groups is 1. The Morgan fingerprint density at radius 3 is 2.23 bits per heavy atom. The van der Waals surface area contributed by atoms with Crippen molar-refractivity contribution in [2.24, 2.45) is 0 Å². The van der Waals surface area contributed by atoms with Gasteiger partial charge in [-0.05, 0) is 36.1 Å². The zero-order valence-electron chi connectivity index (χ0n) is 12.1. The zero-order valence-corrected chi connectivity index (χ0v) is 13.7. The van der Waals surface area contributed by atoms with Crippen LogP contribution in [0.15, 0.2) is 36.4 Å². The van der Waals surface area contributed by atoms with Crippen LogP contribution in [0.2, 0.25) is 4.34 Å². The number of hydrogen-bond donors (Lipinski definition) is 3. The number of urea groups is 1. The molecule has 0 aliphatic rings. The third-order valence-electron chi connectivity index (χ3n) is 3.19. The first-order valence-electron chi connectivity index (χ1n) is 7.12. The van der Waals surface area contributed by atoms with Gasteiger partial charge in [0.1, 0.15) is 0 Å². The Morgan fingerprint density at radius 1 is 1.00 bits per heavy atom. The first kappa shape index (κ1) is 16.8. The average molecular weight is 339 g/mol. The highest BCUT2D eigenvalue weighted by Gasteiger charge is 2.02. The third kappa shape index (κ3) is 5.67. The second kappa shape index (κ2) is 8.78. The van der Waals surface area contributed by atoms with Crippen LogP contribution in [0, 0.1) is 0 Å². The second-order valence-electron chi connectivity index (χ2n) is 4.86. The van der Waals surface area contributed by atoms with E-state index in [9.17, 15) is 4.79 Å². The fraction of sp³-hybridized carbons (Fsp3) is 0.312. The van der Waals surface area contributed by atoms with Crippen LogP contribution in [0.25, 0.3) is 0 Å². The highest BCUT2D eigenvalue weighted by atomic mass is 35.5. The van der Waals surface area contributed by atoms with Crippen molar-refractivity contribution in [3.8, 4) is 0 Å². The number of thiophene rings is 1. The van der Waals surface area contributed by atoms with Crippen LogP contribution in [0.4, 0.5) is 4.79 Å². The summed E-state index contributed by atoms with van der Waals surface area (Å²) in [6.07, 6.45) is 1.55. The summed E-state index contributed by atoms with van der Waals surface area (Å²) < 4.78 is 0.770. The molecule has 2 rings (SSSR count). The lowest BCUT2D eigenvalue weighted by molar-refractivity contribution is 0.241. The highest BCUT2D eigenvalue weighted by Crippen LogP contribution is 2.21. The molecule has 0 bridgehead atoms. The second-order valence-corrected chi connectivity index (χ2v) is 6.66. The van der Waals surface area contributed by atoms with Crippen LogP contribution in [-0.2, 0) is 19.4 Å². The minimum Gasteiger partial charge on any atom is -0.392 e. The molecule has 0 saturated carbocycles. The van der Waals surface area contributed by atoms with Crippen molar-refractivity contribution < 1.29 is 9.90 Å². The maximum Gasteiger partial charge on any atom is 0.314 e. The molecule has 0 fully saturated rings. The minimum atomic E-state index is -0.158. The SMILES string of the molecule is O=C(NCCc1ccc(CO)cc1)NCCc1ccc(Cl)s1. The van der Waals surface area contributed by atoms with E-state index in [1.807, 2.05) is 36.4 Å². The van der Waals surface area contributed by atoms with E-state index in [4.69, 9.17) is 16.7 Å². The number of amides is 2.